The Bertz CT molecular complexity index is 807. The van der Waals surface area contributed by atoms with Gasteiger partial charge in [0.1, 0.15) is 5.75 Å². The molecule has 2 atom stereocenters. The van der Waals surface area contributed by atoms with Gasteiger partial charge in [0.25, 0.3) is 5.91 Å². The number of amides is 1. The van der Waals surface area contributed by atoms with Crippen molar-refractivity contribution in [1.29, 1.82) is 0 Å². The third-order valence-corrected chi connectivity index (χ3v) is 6.36. The average molecular weight is 380 g/mol. The number of hydrogen-bond donors (Lipinski definition) is 1. The van der Waals surface area contributed by atoms with Crippen molar-refractivity contribution in [2.75, 3.05) is 19.7 Å². The fourth-order valence-corrected chi connectivity index (χ4v) is 4.79. The van der Waals surface area contributed by atoms with Crippen LogP contribution in [0.4, 0.5) is 0 Å². The topological polar surface area (TPSA) is 49.8 Å². The van der Waals surface area contributed by atoms with Crippen molar-refractivity contribution in [3.8, 4) is 5.75 Å². The molecule has 0 bridgehead atoms. The Labute approximate surface area is 167 Å². The molecule has 148 valence electrons. The fraction of sp³-hybridized carbons (Fsp3) is 0.458. The van der Waals surface area contributed by atoms with Crippen LogP contribution in [0, 0.1) is 5.41 Å². The summed E-state index contributed by atoms with van der Waals surface area (Å²) in [5, 5.41) is 10.5. The molecule has 0 aromatic heterocycles. The number of rotatable bonds is 5. The Balaban J connectivity index is 1.44. The van der Waals surface area contributed by atoms with Crippen molar-refractivity contribution in [1.82, 2.24) is 4.90 Å². The van der Waals surface area contributed by atoms with E-state index in [-0.39, 0.29) is 17.4 Å². The summed E-state index contributed by atoms with van der Waals surface area (Å²) in [5.41, 5.74) is 1.75. The second kappa shape index (κ2) is 8.36. The molecule has 2 aromatic rings. The molecule has 28 heavy (non-hydrogen) atoms. The molecule has 1 aliphatic carbocycles. The normalized spacial score (nSPS) is 24.5. The van der Waals surface area contributed by atoms with Crippen LogP contribution in [0.2, 0.25) is 0 Å². The maximum Gasteiger partial charge on any atom is 0.257 e. The lowest BCUT2D eigenvalue weighted by Crippen LogP contribution is -2.49. The number of para-hydroxylation sites is 1. The minimum absolute atomic E-state index is 0.0217. The third-order valence-electron chi connectivity index (χ3n) is 6.36. The molecular weight excluding hydrogens is 350 g/mol. The molecule has 4 heteroatoms. The summed E-state index contributed by atoms with van der Waals surface area (Å²) in [5.74, 6) is 0.670. The first-order valence-electron chi connectivity index (χ1n) is 10.4. The zero-order chi connectivity index (χ0) is 19.4. The van der Waals surface area contributed by atoms with E-state index < -0.39 is 0 Å². The van der Waals surface area contributed by atoms with Crippen LogP contribution in [0.25, 0.3) is 0 Å². The predicted molar refractivity (Wildman–Crippen MR) is 110 cm³/mol. The highest BCUT2D eigenvalue weighted by molar-refractivity contribution is 5.97. The quantitative estimate of drug-likeness (QED) is 0.852. The molecule has 1 spiro atoms. The van der Waals surface area contributed by atoms with E-state index in [9.17, 15) is 9.90 Å². The van der Waals surface area contributed by atoms with E-state index in [0.717, 1.165) is 45.1 Å². The maximum absolute atomic E-state index is 13.3. The molecule has 1 N–H and O–H groups in total. The van der Waals surface area contributed by atoms with Gasteiger partial charge in [0.05, 0.1) is 18.3 Å². The van der Waals surface area contributed by atoms with Gasteiger partial charge in [-0.2, -0.15) is 0 Å². The highest BCUT2D eigenvalue weighted by Crippen LogP contribution is 2.45. The monoisotopic (exact) mass is 379 g/mol. The summed E-state index contributed by atoms with van der Waals surface area (Å²) in [4.78, 5) is 15.2. The lowest BCUT2D eigenvalue weighted by atomic mass is 9.76. The summed E-state index contributed by atoms with van der Waals surface area (Å²) in [6.45, 7) is 1.95. The lowest BCUT2D eigenvalue weighted by Gasteiger charge is -2.42. The SMILES string of the molecule is O=C(c1ccccc1OCCc1ccccc1)N1CCC[C@]2(CCC[C@H]2O)C1. The van der Waals surface area contributed by atoms with E-state index in [1.807, 2.05) is 47.4 Å². The largest absolute Gasteiger partial charge is 0.492 e. The van der Waals surface area contributed by atoms with Gasteiger partial charge in [0, 0.05) is 24.9 Å². The zero-order valence-corrected chi connectivity index (χ0v) is 16.3. The Morgan fingerprint density at radius 3 is 2.61 bits per heavy atom. The summed E-state index contributed by atoms with van der Waals surface area (Å²) in [7, 11) is 0. The molecule has 1 saturated heterocycles. The van der Waals surface area contributed by atoms with Gasteiger partial charge in [-0.15, -0.1) is 0 Å². The number of aliphatic hydroxyl groups is 1. The van der Waals surface area contributed by atoms with Crippen molar-refractivity contribution in [2.24, 2.45) is 5.41 Å². The Morgan fingerprint density at radius 1 is 1.07 bits per heavy atom. The second-order valence-corrected chi connectivity index (χ2v) is 8.18. The predicted octanol–water partition coefficient (Wildman–Crippen LogP) is 4.08. The number of carbonyl (C=O) groups excluding carboxylic acids is 1. The van der Waals surface area contributed by atoms with Crippen molar-refractivity contribution in [3.05, 3.63) is 65.7 Å². The minimum atomic E-state index is -0.277. The number of hydrogen-bond acceptors (Lipinski definition) is 3. The van der Waals surface area contributed by atoms with Crippen molar-refractivity contribution in [2.45, 2.75) is 44.6 Å². The number of carbonyl (C=O) groups is 1. The Kier molecular flexibility index (Phi) is 5.67. The van der Waals surface area contributed by atoms with Crippen LogP contribution in [-0.4, -0.2) is 41.7 Å². The number of ether oxygens (including phenoxy) is 1. The molecule has 1 heterocycles. The van der Waals surface area contributed by atoms with E-state index >= 15 is 0 Å². The standard InChI is InChI=1S/C24H29NO3/c26-22-12-6-14-24(22)15-7-16-25(18-24)23(27)20-10-4-5-11-21(20)28-17-13-19-8-2-1-3-9-19/h1-5,8-11,22,26H,6-7,12-18H2/t22-,24-/m1/s1. The highest BCUT2D eigenvalue weighted by atomic mass is 16.5. The lowest BCUT2D eigenvalue weighted by molar-refractivity contribution is -0.00546. The first-order chi connectivity index (χ1) is 13.7. The first-order valence-corrected chi connectivity index (χ1v) is 10.4. The van der Waals surface area contributed by atoms with Gasteiger partial charge in [-0.25, -0.2) is 0 Å². The molecule has 2 fully saturated rings. The Morgan fingerprint density at radius 2 is 1.82 bits per heavy atom. The average Bonchev–Trinajstić information content (AvgIpc) is 3.08. The smallest absolute Gasteiger partial charge is 0.257 e. The molecule has 4 nitrogen and oxygen atoms in total. The summed E-state index contributed by atoms with van der Waals surface area (Å²) >= 11 is 0. The molecular formula is C24H29NO3. The molecule has 0 unspecified atom stereocenters. The van der Waals surface area contributed by atoms with Crippen LogP contribution in [-0.2, 0) is 6.42 Å². The number of benzene rings is 2. The number of nitrogens with zero attached hydrogens (tertiary/aromatic N) is 1. The van der Waals surface area contributed by atoms with Gasteiger partial charge in [-0.1, -0.05) is 48.9 Å². The second-order valence-electron chi connectivity index (χ2n) is 8.18. The van der Waals surface area contributed by atoms with Crippen LogP contribution in [0.1, 0.15) is 48.0 Å². The third kappa shape index (κ3) is 3.93. The molecule has 1 amide bonds. The van der Waals surface area contributed by atoms with E-state index in [0.29, 0.717) is 24.5 Å². The van der Waals surface area contributed by atoms with Crippen molar-refractivity contribution in [3.63, 3.8) is 0 Å². The number of likely N-dealkylation sites (tertiary alicyclic amines) is 1. The summed E-state index contributed by atoms with van der Waals surface area (Å²) in [6, 6.07) is 17.8. The summed E-state index contributed by atoms with van der Waals surface area (Å²) < 4.78 is 5.99. The molecule has 2 aliphatic rings. The number of piperidine rings is 1. The Hall–Kier alpha value is -2.33. The van der Waals surface area contributed by atoms with Gasteiger partial charge in [-0.3, -0.25) is 4.79 Å². The first kappa shape index (κ1) is 19.0. The molecule has 0 radical (unpaired) electrons. The van der Waals surface area contributed by atoms with Crippen LogP contribution in [0.5, 0.6) is 5.75 Å². The van der Waals surface area contributed by atoms with Gasteiger partial charge >= 0.3 is 0 Å². The summed E-state index contributed by atoms with van der Waals surface area (Å²) in [6.07, 6.45) is 5.45. The van der Waals surface area contributed by atoms with Gasteiger partial charge in [0.2, 0.25) is 0 Å². The van der Waals surface area contributed by atoms with Gasteiger partial charge in [-0.05, 0) is 43.4 Å². The van der Waals surface area contributed by atoms with E-state index in [1.54, 1.807) is 0 Å². The van der Waals surface area contributed by atoms with E-state index in [4.69, 9.17) is 4.74 Å². The van der Waals surface area contributed by atoms with Crippen molar-refractivity contribution >= 4 is 5.91 Å². The fourth-order valence-electron chi connectivity index (χ4n) is 4.79. The maximum atomic E-state index is 13.3. The van der Waals surface area contributed by atoms with Crippen LogP contribution in [0.3, 0.4) is 0 Å². The molecule has 1 saturated carbocycles. The molecule has 4 rings (SSSR count). The zero-order valence-electron chi connectivity index (χ0n) is 16.3. The molecule has 2 aromatic carbocycles. The van der Waals surface area contributed by atoms with E-state index in [2.05, 4.69) is 12.1 Å². The van der Waals surface area contributed by atoms with Crippen LogP contribution >= 0.6 is 0 Å². The van der Waals surface area contributed by atoms with Crippen LogP contribution in [0.15, 0.2) is 54.6 Å². The van der Waals surface area contributed by atoms with Gasteiger partial charge < -0.3 is 14.7 Å². The molecule has 1 aliphatic heterocycles. The minimum Gasteiger partial charge on any atom is -0.492 e. The van der Waals surface area contributed by atoms with Crippen LogP contribution < -0.4 is 4.74 Å². The highest BCUT2D eigenvalue weighted by Gasteiger charge is 2.45. The number of aliphatic hydroxyl groups excluding tert-OH is 1. The van der Waals surface area contributed by atoms with E-state index in [1.165, 1.54) is 5.56 Å². The van der Waals surface area contributed by atoms with Crippen molar-refractivity contribution < 1.29 is 14.6 Å². The van der Waals surface area contributed by atoms with Gasteiger partial charge in [0.15, 0.2) is 0 Å².